The molecule has 0 aromatic rings. The fraction of sp³-hybridized carbons (Fsp3) is 0.889. The van der Waals surface area contributed by atoms with Crippen LogP contribution in [0.5, 0.6) is 0 Å². The Morgan fingerprint density at radius 1 is 1.67 bits per heavy atom. The summed E-state index contributed by atoms with van der Waals surface area (Å²) in [6.45, 7) is 6.39. The molecule has 1 unspecified atom stereocenters. The van der Waals surface area contributed by atoms with Crippen LogP contribution in [0.15, 0.2) is 0 Å². The number of rotatable bonds is 3. The molecule has 1 aliphatic heterocycles. The Morgan fingerprint density at radius 3 is 2.67 bits per heavy atom. The predicted octanol–water partition coefficient (Wildman–Crippen LogP) is 1.80. The summed E-state index contributed by atoms with van der Waals surface area (Å²) >= 11 is 1.92. The van der Waals surface area contributed by atoms with E-state index in [4.69, 9.17) is 0 Å². The molecule has 1 atom stereocenters. The Labute approximate surface area is 78.5 Å². The second-order valence-corrected chi connectivity index (χ2v) is 5.46. The minimum absolute atomic E-state index is 0.205. The molecular formula is C9H17NOS. The average molecular weight is 187 g/mol. The van der Waals surface area contributed by atoms with E-state index >= 15 is 0 Å². The largest absolute Gasteiger partial charge is 0.351 e. The summed E-state index contributed by atoms with van der Waals surface area (Å²) in [5, 5.41) is 3.05. The molecule has 1 fully saturated rings. The summed E-state index contributed by atoms with van der Waals surface area (Å²) in [4.78, 5) is 11.2. The molecule has 1 rings (SSSR count). The van der Waals surface area contributed by atoms with Crippen LogP contribution in [0.1, 0.15) is 33.6 Å². The first-order chi connectivity index (χ1) is 5.56. The van der Waals surface area contributed by atoms with Crippen molar-refractivity contribution in [1.29, 1.82) is 0 Å². The minimum atomic E-state index is 0.205. The first kappa shape index (κ1) is 9.90. The van der Waals surface area contributed by atoms with Crippen molar-refractivity contribution in [2.75, 3.05) is 5.75 Å². The smallest absolute Gasteiger partial charge is 0.220 e. The number of thioether (sulfide) groups is 1. The molecular weight excluding hydrogens is 170 g/mol. The van der Waals surface area contributed by atoms with Crippen molar-refractivity contribution >= 4 is 17.7 Å². The van der Waals surface area contributed by atoms with E-state index in [0.717, 1.165) is 12.2 Å². The van der Waals surface area contributed by atoms with E-state index in [1.165, 1.54) is 0 Å². The van der Waals surface area contributed by atoms with Crippen molar-refractivity contribution in [2.24, 2.45) is 0 Å². The highest BCUT2D eigenvalue weighted by Crippen LogP contribution is 2.39. The van der Waals surface area contributed by atoms with Crippen LogP contribution in [0.25, 0.3) is 0 Å². The molecule has 0 saturated carbocycles. The van der Waals surface area contributed by atoms with Gasteiger partial charge in [-0.15, -0.1) is 0 Å². The Hall–Kier alpha value is -0.180. The lowest BCUT2D eigenvalue weighted by molar-refractivity contribution is -0.121. The van der Waals surface area contributed by atoms with E-state index in [2.05, 4.69) is 19.2 Å². The summed E-state index contributed by atoms with van der Waals surface area (Å²) in [7, 11) is 0. The van der Waals surface area contributed by atoms with Gasteiger partial charge in [-0.05, 0) is 20.3 Å². The van der Waals surface area contributed by atoms with Crippen LogP contribution < -0.4 is 5.32 Å². The maximum atomic E-state index is 11.2. The van der Waals surface area contributed by atoms with Gasteiger partial charge in [0.05, 0.1) is 6.04 Å². The van der Waals surface area contributed by atoms with Gasteiger partial charge in [0, 0.05) is 16.9 Å². The monoisotopic (exact) mass is 187 g/mol. The molecule has 3 heteroatoms. The molecule has 70 valence electrons. The summed E-state index contributed by atoms with van der Waals surface area (Å²) in [6.07, 6.45) is 1.60. The number of hydrogen-bond donors (Lipinski definition) is 1. The molecule has 1 heterocycles. The Bertz CT molecular complexity index is 179. The van der Waals surface area contributed by atoms with E-state index in [1.54, 1.807) is 0 Å². The number of carbonyl (C=O) groups excluding carboxylic acids is 1. The minimum Gasteiger partial charge on any atom is -0.351 e. The quantitative estimate of drug-likeness (QED) is 0.730. The lowest BCUT2D eigenvalue weighted by Crippen LogP contribution is -2.56. The van der Waals surface area contributed by atoms with Gasteiger partial charge in [-0.1, -0.05) is 6.92 Å². The molecule has 1 amide bonds. The number of amides is 1. The van der Waals surface area contributed by atoms with Crippen LogP contribution in [0.2, 0.25) is 0 Å². The van der Waals surface area contributed by atoms with Crippen LogP contribution in [0, 0.1) is 0 Å². The van der Waals surface area contributed by atoms with E-state index in [-0.39, 0.29) is 10.7 Å². The summed E-state index contributed by atoms with van der Waals surface area (Å²) in [5.74, 6) is 1.28. The molecule has 0 aromatic heterocycles. The van der Waals surface area contributed by atoms with Crippen molar-refractivity contribution in [3.63, 3.8) is 0 Å². The zero-order chi connectivity index (χ0) is 9.19. The van der Waals surface area contributed by atoms with Gasteiger partial charge < -0.3 is 5.32 Å². The molecule has 0 aliphatic carbocycles. The highest BCUT2D eigenvalue weighted by molar-refractivity contribution is 8.02. The first-order valence-electron chi connectivity index (χ1n) is 4.49. The normalized spacial score (nSPS) is 26.1. The summed E-state index contributed by atoms with van der Waals surface area (Å²) in [6, 6.07) is 0.390. The fourth-order valence-corrected chi connectivity index (χ4v) is 2.35. The zero-order valence-corrected chi connectivity index (χ0v) is 8.83. The lowest BCUT2D eigenvalue weighted by atomic mass is 10.0. The van der Waals surface area contributed by atoms with Crippen LogP contribution in [0.3, 0.4) is 0 Å². The third kappa shape index (κ3) is 2.16. The van der Waals surface area contributed by atoms with Crippen LogP contribution in [-0.4, -0.2) is 22.4 Å². The van der Waals surface area contributed by atoms with Crippen LogP contribution in [-0.2, 0) is 4.79 Å². The fourth-order valence-electron chi connectivity index (χ4n) is 1.21. The highest BCUT2D eigenvalue weighted by Gasteiger charge is 2.39. The molecule has 1 aliphatic rings. The van der Waals surface area contributed by atoms with Crippen LogP contribution >= 0.6 is 11.8 Å². The third-order valence-electron chi connectivity index (χ3n) is 2.27. The Kier molecular flexibility index (Phi) is 3.04. The second kappa shape index (κ2) is 3.69. The van der Waals surface area contributed by atoms with Gasteiger partial charge in [0.2, 0.25) is 5.91 Å². The zero-order valence-electron chi connectivity index (χ0n) is 8.02. The molecule has 12 heavy (non-hydrogen) atoms. The maximum Gasteiger partial charge on any atom is 0.220 e. The van der Waals surface area contributed by atoms with Crippen molar-refractivity contribution in [3.05, 3.63) is 0 Å². The Balaban J connectivity index is 2.28. The van der Waals surface area contributed by atoms with E-state index in [0.29, 0.717) is 12.5 Å². The van der Waals surface area contributed by atoms with E-state index < -0.39 is 0 Å². The van der Waals surface area contributed by atoms with E-state index in [1.807, 2.05) is 18.7 Å². The highest BCUT2D eigenvalue weighted by atomic mass is 32.2. The van der Waals surface area contributed by atoms with Crippen molar-refractivity contribution in [1.82, 2.24) is 5.32 Å². The van der Waals surface area contributed by atoms with Gasteiger partial charge in [-0.2, -0.15) is 11.8 Å². The number of nitrogens with one attached hydrogen (secondary N) is 1. The van der Waals surface area contributed by atoms with Gasteiger partial charge >= 0.3 is 0 Å². The van der Waals surface area contributed by atoms with Crippen LogP contribution in [0.4, 0.5) is 0 Å². The van der Waals surface area contributed by atoms with Gasteiger partial charge in [0.1, 0.15) is 0 Å². The number of hydrogen-bond acceptors (Lipinski definition) is 2. The van der Waals surface area contributed by atoms with Gasteiger partial charge in [-0.3, -0.25) is 4.79 Å². The first-order valence-corrected chi connectivity index (χ1v) is 5.48. The molecule has 0 radical (unpaired) electrons. The van der Waals surface area contributed by atoms with Gasteiger partial charge in [0.25, 0.3) is 0 Å². The van der Waals surface area contributed by atoms with Crippen molar-refractivity contribution in [3.8, 4) is 0 Å². The third-order valence-corrected chi connectivity index (χ3v) is 3.80. The van der Waals surface area contributed by atoms with Gasteiger partial charge in [0.15, 0.2) is 0 Å². The topological polar surface area (TPSA) is 29.1 Å². The van der Waals surface area contributed by atoms with Crippen molar-refractivity contribution in [2.45, 2.75) is 44.4 Å². The Morgan fingerprint density at radius 2 is 2.33 bits per heavy atom. The SMILES string of the molecule is CCCC(=O)NC1CSC1(C)C. The summed E-state index contributed by atoms with van der Waals surface area (Å²) < 4.78 is 0.253. The average Bonchev–Trinajstić information content (AvgIpc) is 1.99. The molecule has 0 bridgehead atoms. The molecule has 2 nitrogen and oxygen atoms in total. The predicted molar refractivity (Wildman–Crippen MR) is 53.4 cm³/mol. The molecule has 0 spiro atoms. The maximum absolute atomic E-state index is 11.2. The molecule has 1 saturated heterocycles. The second-order valence-electron chi connectivity index (χ2n) is 3.78. The summed E-state index contributed by atoms with van der Waals surface area (Å²) in [5.41, 5.74) is 0. The molecule has 1 N–H and O–H groups in total. The van der Waals surface area contributed by atoms with Gasteiger partial charge in [-0.25, -0.2) is 0 Å². The lowest BCUT2D eigenvalue weighted by Gasteiger charge is -2.43. The van der Waals surface area contributed by atoms with E-state index in [9.17, 15) is 4.79 Å². The number of carbonyl (C=O) groups is 1. The molecule has 0 aromatic carbocycles. The standard InChI is InChI=1S/C9H17NOS/c1-4-5-8(11)10-7-6-12-9(7,2)3/h7H,4-6H2,1-3H3,(H,10,11). The van der Waals surface area contributed by atoms with Crippen molar-refractivity contribution < 1.29 is 4.79 Å².